The maximum atomic E-state index is 14.0. The lowest BCUT2D eigenvalue weighted by Gasteiger charge is -2.21. The Hall–Kier alpha value is -2.76. The van der Waals surface area contributed by atoms with Crippen molar-refractivity contribution in [3.8, 4) is 0 Å². The molecule has 1 unspecified atom stereocenters. The van der Waals surface area contributed by atoms with E-state index in [0.29, 0.717) is 12.1 Å². The highest BCUT2D eigenvalue weighted by atomic mass is 19.1. The summed E-state index contributed by atoms with van der Waals surface area (Å²) in [6, 6.07) is 12.1. The van der Waals surface area contributed by atoms with Crippen molar-refractivity contribution in [2.45, 2.75) is 12.5 Å². The summed E-state index contributed by atoms with van der Waals surface area (Å²) in [5.74, 6) is -2.16. The fraction of sp³-hybridized carbons (Fsp3) is 0.176. The Balaban J connectivity index is 1.96. The highest BCUT2D eigenvalue weighted by Crippen LogP contribution is 2.32. The zero-order valence-corrected chi connectivity index (χ0v) is 12.1. The normalized spacial score (nSPS) is 17.2. The van der Waals surface area contributed by atoms with Crippen LogP contribution in [0.3, 0.4) is 0 Å². The Bertz CT molecular complexity index is 762. The highest BCUT2D eigenvalue weighted by Gasteiger charge is 2.31. The van der Waals surface area contributed by atoms with E-state index in [1.807, 2.05) is 30.3 Å². The van der Waals surface area contributed by atoms with E-state index >= 15 is 0 Å². The van der Waals surface area contributed by atoms with E-state index in [1.165, 1.54) is 5.01 Å². The van der Waals surface area contributed by atoms with Crippen molar-refractivity contribution >= 4 is 11.7 Å². The second-order valence-electron chi connectivity index (χ2n) is 5.29. The third-order valence-electron chi connectivity index (χ3n) is 3.72. The molecule has 23 heavy (non-hydrogen) atoms. The van der Waals surface area contributed by atoms with Crippen LogP contribution in [-0.4, -0.2) is 28.3 Å². The molecule has 4 nitrogen and oxygen atoms in total. The number of nitrogens with zero attached hydrogens (tertiary/aromatic N) is 2. The molecule has 0 spiro atoms. The number of rotatable bonds is 4. The molecule has 6 heteroatoms. The van der Waals surface area contributed by atoms with Crippen molar-refractivity contribution in [1.82, 2.24) is 5.01 Å². The summed E-state index contributed by atoms with van der Waals surface area (Å²) in [4.78, 5) is 11.1. The van der Waals surface area contributed by atoms with Crippen LogP contribution in [0.2, 0.25) is 0 Å². The predicted molar refractivity (Wildman–Crippen MR) is 81.0 cm³/mol. The number of carboxylic acids is 1. The third kappa shape index (κ3) is 3.21. The summed E-state index contributed by atoms with van der Waals surface area (Å²) in [7, 11) is 0. The van der Waals surface area contributed by atoms with Gasteiger partial charge in [0.15, 0.2) is 0 Å². The molecular weight excluding hydrogens is 302 g/mol. The fourth-order valence-corrected chi connectivity index (χ4v) is 2.69. The molecule has 0 amide bonds. The number of hydrazone groups is 1. The summed E-state index contributed by atoms with van der Waals surface area (Å²) in [5, 5.41) is 14.7. The molecule has 118 valence electrons. The number of benzene rings is 2. The van der Waals surface area contributed by atoms with Gasteiger partial charge in [0.25, 0.3) is 0 Å². The Morgan fingerprint density at radius 3 is 2.65 bits per heavy atom. The third-order valence-corrected chi connectivity index (χ3v) is 3.72. The van der Waals surface area contributed by atoms with Crippen LogP contribution in [0.1, 0.15) is 23.6 Å². The SMILES string of the molecule is O=C(O)CN1N=C(c2cc(F)ccc2F)CC1c1ccccc1. The monoisotopic (exact) mass is 316 g/mol. The number of aliphatic carboxylic acids is 1. The molecule has 0 radical (unpaired) electrons. The standard InChI is InChI=1S/C17H14F2N2O2/c18-12-6-7-14(19)13(8-12)15-9-16(11-4-2-1-3-5-11)21(20-15)10-17(22)23/h1-8,16H,9-10H2,(H,22,23). The molecule has 0 saturated heterocycles. The predicted octanol–water partition coefficient (Wildman–Crippen LogP) is 3.20. The molecular formula is C17H14F2N2O2. The summed E-state index contributed by atoms with van der Waals surface area (Å²) >= 11 is 0. The van der Waals surface area contributed by atoms with Crippen molar-refractivity contribution in [3.05, 3.63) is 71.3 Å². The van der Waals surface area contributed by atoms with Crippen LogP contribution in [0.15, 0.2) is 53.6 Å². The average Bonchev–Trinajstić information content (AvgIpc) is 2.93. The minimum atomic E-state index is -1.03. The summed E-state index contributed by atoms with van der Waals surface area (Å²) < 4.78 is 27.4. The molecule has 1 atom stereocenters. The van der Waals surface area contributed by atoms with Crippen molar-refractivity contribution in [3.63, 3.8) is 0 Å². The smallest absolute Gasteiger partial charge is 0.324 e. The van der Waals surface area contributed by atoms with E-state index < -0.39 is 17.6 Å². The van der Waals surface area contributed by atoms with E-state index in [-0.39, 0.29) is 18.2 Å². The lowest BCUT2D eigenvalue weighted by atomic mass is 9.98. The van der Waals surface area contributed by atoms with Crippen molar-refractivity contribution in [2.24, 2.45) is 5.10 Å². The van der Waals surface area contributed by atoms with Crippen LogP contribution in [-0.2, 0) is 4.79 Å². The van der Waals surface area contributed by atoms with Gasteiger partial charge in [-0.3, -0.25) is 9.80 Å². The summed E-state index contributed by atoms with van der Waals surface area (Å²) in [6.07, 6.45) is 0.317. The second-order valence-corrected chi connectivity index (χ2v) is 5.29. The minimum Gasteiger partial charge on any atom is -0.480 e. The van der Waals surface area contributed by atoms with E-state index in [9.17, 15) is 13.6 Å². The Morgan fingerprint density at radius 2 is 1.96 bits per heavy atom. The van der Waals surface area contributed by atoms with Gasteiger partial charge < -0.3 is 5.11 Å². The van der Waals surface area contributed by atoms with Gasteiger partial charge in [-0.1, -0.05) is 30.3 Å². The van der Waals surface area contributed by atoms with Gasteiger partial charge in [0.1, 0.15) is 18.2 Å². The first-order valence-corrected chi connectivity index (χ1v) is 7.11. The molecule has 3 rings (SSSR count). The van der Waals surface area contributed by atoms with E-state index in [1.54, 1.807) is 0 Å². The van der Waals surface area contributed by atoms with Gasteiger partial charge in [0.05, 0.1) is 11.8 Å². The molecule has 0 bridgehead atoms. The van der Waals surface area contributed by atoms with Crippen LogP contribution in [0.25, 0.3) is 0 Å². The van der Waals surface area contributed by atoms with Crippen molar-refractivity contribution < 1.29 is 18.7 Å². The first kappa shape index (κ1) is 15.1. The topological polar surface area (TPSA) is 52.9 Å². The summed E-state index contributed by atoms with van der Waals surface area (Å²) in [5.41, 5.74) is 1.29. The Kier molecular flexibility index (Phi) is 4.06. The van der Waals surface area contributed by atoms with E-state index in [0.717, 1.165) is 23.8 Å². The first-order valence-electron chi connectivity index (χ1n) is 7.11. The number of hydrogen-bond donors (Lipinski definition) is 1. The Labute approximate surface area is 131 Å². The highest BCUT2D eigenvalue weighted by molar-refractivity contribution is 6.02. The van der Waals surface area contributed by atoms with Gasteiger partial charge in [-0.2, -0.15) is 5.10 Å². The molecule has 1 aliphatic heterocycles. The quantitative estimate of drug-likeness (QED) is 0.942. The molecule has 0 aliphatic carbocycles. The Morgan fingerprint density at radius 1 is 1.22 bits per heavy atom. The zero-order chi connectivity index (χ0) is 16.4. The molecule has 0 saturated carbocycles. The van der Waals surface area contributed by atoms with Gasteiger partial charge >= 0.3 is 5.97 Å². The van der Waals surface area contributed by atoms with Crippen LogP contribution in [0.4, 0.5) is 8.78 Å². The second kappa shape index (κ2) is 6.16. The van der Waals surface area contributed by atoms with Gasteiger partial charge in [-0.05, 0) is 23.8 Å². The van der Waals surface area contributed by atoms with E-state index in [4.69, 9.17) is 5.11 Å². The first-order chi connectivity index (χ1) is 11.0. The van der Waals surface area contributed by atoms with Gasteiger partial charge in [0, 0.05) is 12.0 Å². The number of carboxylic acid groups (broad SMARTS) is 1. The van der Waals surface area contributed by atoms with E-state index in [2.05, 4.69) is 5.10 Å². The molecule has 0 aromatic heterocycles. The van der Waals surface area contributed by atoms with Gasteiger partial charge in [-0.15, -0.1) is 0 Å². The minimum absolute atomic E-state index is 0.0684. The number of hydrogen-bond acceptors (Lipinski definition) is 3. The molecule has 1 N–H and O–H groups in total. The molecule has 2 aromatic carbocycles. The largest absolute Gasteiger partial charge is 0.480 e. The number of carbonyl (C=O) groups is 1. The zero-order valence-electron chi connectivity index (χ0n) is 12.1. The van der Waals surface area contributed by atoms with Crippen LogP contribution in [0, 0.1) is 11.6 Å². The molecule has 2 aromatic rings. The van der Waals surface area contributed by atoms with Crippen molar-refractivity contribution in [2.75, 3.05) is 6.54 Å². The lowest BCUT2D eigenvalue weighted by Crippen LogP contribution is -2.26. The maximum absolute atomic E-state index is 14.0. The molecule has 1 heterocycles. The molecule has 0 fully saturated rings. The molecule has 1 aliphatic rings. The van der Waals surface area contributed by atoms with Crippen LogP contribution in [0.5, 0.6) is 0 Å². The van der Waals surface area contributed by atoms with Crippen molar-refractivity contribution in [1.29, 1.82) is 0 Å². The number of halogens is 2. The lowest BCUT2D eigenvalue weighted by molar-refractivity contribution is -0.138. The maximum Gasteiger partial charge on any atom is 0.324 e. The van der Waals surface area contributed by atoms with Gasteiger partial charge in [-0.25, -0.2) is 8.78 Å². The van der Waals surface area contributed by atoms with Crippen LogP contribution < -0.4 is 0 Å². The average molecular weight is 316 g/mol. The summed E-state index contributed by atoms with van der Waals surface area (Å²) in [6.45, 7) is -0.306. The fourth-order valence-electron chi connectivity index (χ4n) is 2.69. The van der Waals surface area contributed by atoms with Gasteiger partial charge in [0.2, 0.25) is 0 Å². The van der Waals surface area contributed by atoms with Crippen LogP contribution >= 0.6 is 0 Å².